The van der Waals surface area contributed by atoms with Crippen LogP contribution in [0.15, 0.2) is 48.5 Å². The summed E-state index contributed by atoms with van der Waals surface area (Å²) in [6.45, 7) is 0. The van der Waals surface area contributed by atoms with Crippen LogP contribution in [0.4, 0.5) is 5.69 Å². The third-order valence-electron chi connectivity index (χ3n) is 6.82. The lowest BCUT2D eigenvalue weighted by Crippen LogP contribution is -2.39. The lowest BCUT2D eigenvalue weighted by Gasteiger charge is -2.21. The molecule has 8 heteroatoms. The number of imidazole rings is 1. The Labute approximate surface area is 220 Å². The third kappa shape index (κ3) is 5.82. The molecule has 2 aromatic carbocycles. The van der Waals surface area contributed by atoms with Crippen molar-refractivity contribution in [2.45, 2.75) is 51.0 Å². The molecule has 1 atom stereocenters. The van der Waals surface area contributed by atoms with Crippen LogP contribution in [0.5, 0.6) is 0 Å². The lowest BCUT2D eigenvalue weighted by atomic mass is 9.97. The Morgan fingerprint density at radius 2 is 1.64 bits per heavy atom. The van der Waals surface area contributed by atoms with E-state index in [2.05, 4.69) is 15.6 Å². The first-order chi connectivity index (χ1) is 17.4. The number of halogens is 2. The fourth-order valence-corrected chi connectivity index (χ4v) is 5.42. The quantitative estimate of drug-likeness (QED) is 0.327. The molecule has 0 spiro atoms. The summed E-state index contributed by atoms with van der Waals surface area (Å²) in [5.74, 6) is 0.768. The topological polar surface area (TPSA) is 86.9 Å². The maximum Gasteiger partial charge on any atom is 0.255 e. The number of carbonyl (C=O) groups excluding carboxylic acids is 2. The summed E-state index contributed by atoms with van der Waals surface area (Å²) in [6, 6.07) is 12.2. The minimum absolute atomic E-state index is 0.0286. The van der Waals surface area contributed by atoms with Crippen LogP contribution < -0.4 is 10.6 Å². The van der Waals surface area contributed by atoms with Gasteiger partial charge in [0.05, 0.1) is 11.7 Å². The Morgan fingerprint density at radius 1 is 0.944 bits per heavy atom. The second kappa shape index (κ2) is 10.9. The van der Waals surface area contributed by atoms with Gasteiger partial charge in [-0.2, -0.15) is 0 Å². The number of nitrogens with zero attached hydrogens (tertiary/aromatic N) is 1. The van der Waals surface area contributed by atoms with Gasteiger partial charge in [0.15, 0.2) is 0 Å². The number of amides is 2. The summed E-state index contributed by atoms with van der Waals surface area (Å²) >= 11 is 12.0. The van der Waals surface area contributed by atoms with Crippen LogP contribution in [0.25, 0.3) is 17.5 Å². The zero-order valence-electron chi connectivity index (χ0n) is 19.8. The second-order valence-electron chi connectivity index (χ2n) is 9.51. The number of H-pyrrole nitrogens is 1. The first-order valence-electron chi connectivity index (χ1n) is 12.4. The molecule has 1 fully saturated rings. The highest BCUT2D eigenvalue weighted by Crippen LogP contribution is 2.27. The number of carbonyl (C=O) groups is 2. The van der Waals surface area contributed by atoms with Gasteiger partial charge in [-0.1, -0.05) is 55.0 Å². The van der Waals surface area contributed by atoms with Crippen molar-refractivity contribution >= 4 is 46.8 Å². The van der Waals surface area contributed by atoms with Crippen molar-refractivity contribution < 1.29 is 9.59 Å². The van der Waals surface area contributed by atoms with Gasteiger partial charge in [-0.25, -0.2) is 4.98 Å². The first-order valence-corrected chi connectivity index (χ1v) is 13.2. The predicted molar refractivity (Wildman–Crippen MR) is 144 cm³/mol. The van der Waals surface area contributed by atoms with Crippen molar-refractivity contribution in [1.29, 1.82) is 0 Å². The molecule has 1 saturated carbocycles. The van der Waals surface area contributed by atoms with Crippen LogP contribution in [-0.2, 0) is 11.2 Å². The van der Waals surface area contributed by atoms with Crippen LogP contribution in [0.2, 0.25) is 10.0 Å². The minimum atomic E-state index is -0.289. The molecule has 3 aromatic rings. The summed E-state index contributed by atoms with van der Waals surface area (Å²) in [6.07, 6.45) is 11.4. The number of nitrogens with one attached hydrogen (secondary N) is 3. The van der Waals surface area contributed by atoms with Gasteiger partial charge in [0.1, 0.15) is 5.82 Å². The first kappa shape index (κ1) is 24.6. The molecule has 1 heterocycles. The van der Waals surface area contributed by atoms with E-state index in [0.29, 0.717) is 27.7 Å². The Morgan fingerprint density at radius 3 is 2.33 bits per heavy atom. The third-order valence-corrected chi connectivity index (χ3v) is 7.25. The molecule has 0 radical (unpaired) electrons. The molecule has 1 unspecified atom stereocenters. The van der Waals surface area contributed by atoms with Gasteiger partial charge in [0.2, 0.25) is 5.91 Å². The van der Waals surface area contributed by atoms with Gasteiger partial charge in [0.25, 0.3) is 5.91 Å². The largest absolute Gasteiger partial charge is 0.349 e. The maximum absolute atomic E-state index is 12.8. The Bertz CT molecular complexity index is 1270. The van der Waals surface area contributed by atoms with Gasteiger partial charge in [-0.05, 0) is 61.4 Å². The number of hydrogen-bond donors (Lipinski definition) is 3. The summed E-state index contributed by atoms with van der Waals surface area (Å²) in [4.78, 5) is 33.5. The molecule has 186 valence electrons. The van der Waals surface area contributed by atoms with Crippen molar-refractivity contribution in [1.82, 2.24) is 15.3 Å². The zero-order valence-corrected chi connectivity index (χ0v) is 21.3. The number of aromatic amines is 1. The Balaban J connectivity index is 1.21. The Hall–Kier alpha value is -3.09. The highest BCUT2D eigenvalue weighted by Gasteiger charge is 2.24. The van der Waals surface area contributed by atoms with Gasteiger partial charge in [-0.15, -0.1) is 0 Å². The van der Waals surface area contributed by atoms with Gasteiger partial charge in [-0.3, -0.25) is 9.59 Å². The van der Waals surface area contributed by atoms with E-state index >= 15 is 0 Å². The van der Waals surface area contributed by atoms with Crippen LogP contribution >= 0.6 is 23.2 Å². The summed E-state index contributed by atoms with van der Waals surface area (Å²) in [5.41, 5.74) is 3.84. The molecule has 1 aromatic heterocycles. The number of anilines is 1. The van der Waals surface area contributed by atoms with Gasteiger partial charge >= 0.3 is 0 Å². The molecule has 0 saturated heterocycles. The minimum Gasteiger partial charge on any atom is -0.349 e. The summed E-state index contributed by atoms with van der Waals surface area (Å²) in [7, 11) is 0. The molecule has 2 amide bonds. The van der Waals surface area contributed by atoms with Crippen molar-refractivity contribution in [3.8, 4) is 11.4 Å². The second-order valence-corrected chi connectivity index (χ2v) is 10.4. The van der Waals surface area contributed by atoms with Gasteiger partial charge in [0, 0.05) is 44.9 Å². The SMILES string of the molecule is O=C(Nc1ccc(-c2nc3c([nH]2)CC(NC(=O)C2CCCCCC2)C=C3)cc1)c1cc(Cl)cc(Cl)c1. The van der Waals surface area contributed by atoms with E-state index in [0.717, 1.165) is 48.5 Å². The number of aromatic nitrogens is 2. The average molecular weight is 523 g/mol. The molecular formula is C28H28Cl2N4O2. The Kier molecular flexibility index (Phi) is 7.44. The number of fused-ring (bicyclic) bond motifs is 1. The lowest BCUT2D eigenvalue weighted by molar-refractivity contribution is -0.125. The predicted octanol–water partition coefficient (Wildman–Crippen LogP) is 6.66. The molecule has 2 aliphatic carbocycles. The normalized spacial score (nSPS) is 17.8. The van der Waals surface area contributed by atoms with Crippen LogP contribution in [0, 0.1) is 5.92 Å². The fraction of sp³-hybridized carbons (Fsp3) is 0.321. The van der Waals surface area contributed by atoms with Gasteiger partial charge < -0.3 is 15.6 Å². The van der Waals surface area contributed by atoms with E-state index in [9.17, 15) is 9.59 Å². The molecule has 0 aliphatic heterocycles. The molecule has 3 N–H and O–H groups in total. The summed E-state index contributed by atoms with van der Waals surface area (Å²) < 4.78 is 0. The zero-order chi connectivity index (χ0) is 25.1. The summed E-state index contributed by atoms with van der Waals surface area (Å²) in [5, 5.41) is 6.89. The highest BCUT2D eigenvalue weighted by atomic mass is 35.5. The van der Waals surface area contributed by atoms with E-state index in [1.165, 1.54) is 12.8 Å². The van der Waals surface area contributed by atoms with E-state index in [4.69, 9.17) is 28.2 Å². The average Bonchev–Trinajstić information content (AvgIpc) is 3.08. The fourth-order valence-electron chi connectivity index (χ4n) is 4.89. The number of hydrogen-bond acceptors (Lipinski definition) is 3. The standard InChI is InChI=1S/C28H28Cl2N4O2/c29-20-13-19(14-21(30)15-20)28(36)31-22-9-7-17(8-10-22)26-33-24-12-11-23(16-25(24)34-26)32-27(35)18-5-3-1-2-4-6-18/h7-15,18,23H,1-6,16H2,(H,31,36)(H,32,35)(H,33,34). The maximum atomic E-state index is 12.8. The smallest absolute Gasteiger partial charge is 0.255 e. The molecule has 36 heavy (non-hydrogen) atoms. The highest BCUT2D eigenvalue weighted by molar-refractivity contribution is 6.35. The van der Waals surface area contributed by atoms with Crippen LogP contribution in [0.3, 0.4) is 0 Å². The molecule has 5 rings (SSSR count). The van der Waals surface area contributed by atoms with Crippen molar-refractivity contribution in [3.63, 3.8) is 0 Å². The molecule has 2 aliphatic rings. The van der Waals surface area contributed by atoms with Crippen molar-refractivity contribution in [2.24, 2.45) is 5.92 Å². The van der Waals surface area contributed by atoms with Crippen LogP contribution in [0.1, 0.15) is 60.3 Å². The van der Waals surface area contributed by atoms with Crippen molar-refractivity contribution in [3.05, 3.63) is 75.5 Å². The van der Waals surface area contributed by atoms with Crippen LogP contribution in [-0.4, -0.2) is 27.8 Å². The van der Waals surface area contributed by atoms with E-state index in [1.807, 2.05) is 36.4 Å². The molecule has 0 bridgehead atoms. The molecule has 6 nitrogen and oxygen atoms in total. The molecular weight excluding hydrogens is 495 g/mol. The monoisotopic (exact) mass is 522 g/mol. The van der Waals surface area contributed by atoms with E-state index < -0.39 is 0 Å². The van der Waals surface area contributed by atoms with Crippen molar-refractivity contribution in [2.75, 3.05) is 5.32 Å². The van der Waals surface area contributed by atoms with E-state index in [-0.39, 0.29) is 23.8 Å². The number of benzene rings is 2. The van der Waals surface area contributed by atoms with E-state index in [1.54, 1.807) is 18.2 Å². The number of rotatable bonds is 5.